The zero-order valence-corrected chi connectivity index (χ0v) is 14.4. The fourth-order valence-corrected chi connectivity index (χ4v) is 2.92. The number of fused-ring (bicyclic) bond motifs is 1. The van der Waals surface area contributed by atoms with Gasteiger partial charge in [-0.25, -0.2) is 0 Å². The first kappa shape index (κ1) is 16.5. The molecule has 1 amide bonds. The number of para-hydroxylation sites is 1. The lowest BCUT2D eigenvalue weighted by Gasteiger charge is -2.07. The van der Waals surface area contributed by atoms with E-state index in [1.54, 1.807) is 0 Å². The summed E-state index contributed by atoms with van der Waals surface area (Å²) in [5, 5.41) is 9.18. The highest BCUT2D eigenvalue weighted by Gasteiger charge is 2.07. The van der Waals surface area contributed by atoms with Crippen LogP contribution in [0.15, 0.2) is 48.7 Å². The number of aryl methyl sites for hydroxylation is 2. The Morgan fingerprint density at radius 3 is 2.79 bits per heavy atom. The first-order valence-electron chi connectivity index (χ1n) is 8.06. The topological polar surface area (TPSA) is 46.9 Å². The second kappa shape index (κ2) is 7.49. The van der Waals surface area contributed by atoms with Crippen molar-refractivity contribution in [1.82, 2.24) is 15.1 Å². The van der Waals surface area contributed by atoms with Gasteiger partial charge in [-0.2, -0.15) is 5.10 Å². The zero-order valence-electron chi connectivity index (χ0n) is 13.6. The Bertz CT molecular complexity index is 839. The molecule has 5 heteroatoms. The van der Waals surface area contributed by atoms with E-state index in [9.17, 15) is 4.79 Å². The molecule has 124 valence electrons. The van der Waals surface area contributed by atoms with Crippen molar-refractivity contribution < 1.29 is 4.79 Å². The second-order valence-corrected chi connectivity index (χ2v) is 6.29. The molecule has 0 bridgehead atoms. The van der Waals surface area contributed by atoms with Crippen LogP contribution < -0.4 is 5.32 Å². The third-order valence-corrected chi connectivity index (χ3v) is 4.32. The molecule has 0 unspecified atom stereocenters. The predicted molar refractivity (Wildman–Crippen MR) is 97.3 cm³/mol. The first-order valence-corrected chi connectivity index (χ1v) is 8.43. The fourth-order valence-electron chi connectivity index (χ4n) is 2.79. The van der Waals surface area contributed by atoms with Gasteiger partial charge >= 0.3 is 0 Å². The number of amides is 1. The number of aromatic nitrogens is 2. The van der Waals surface area contributed by atoms with E-state index in [1.165, 1.54) is 5.56 Å². The Kier molecular flexibility index (Phi) is 5.16. The monoisotopic (exact) mass is 341 g/mol. The fraction of sp³-hybridized carbons (Fsp3) is 0.263. The summed E-state index contributed by atoms with van der Waals surface area (Å²) < 4.78 is 1.91. The SMILES string of the molecule is Cc1cccc2cnn(CCC(=O)NCCc3ccc(Cl)cc3)c12. The maximum atomic E-state index is 12.0. The number of hydrogen-bond donors (Lipinski definition) is 1. The van der Waals surface area contributed by atoms with Crippen LogP contribution in [0.2, 0.25) is 5.02 Å². The van der Waals surface area contributed by atoms with Crippen LogP contribution in [0.25, 0.3) is 10.9 Å². The van der Waals surface area contributed by atoms with Gasteiger partial charge in [0.1, 0.15) is 0 Å². The Hall–Kier alpha value is -2.33. The van der Waals surface area contributed by atoms with Crippen LogP contribution in [0.5, 0.6) is 0 Å². The molecule has 0 spiro atoms. The average Bonchev–Trinajstić information content (AvgIpc) is 2.99. The normalized spacial score (nSPS) is 10.9. The molecule has 1 heterocycles. The average molecular weight is 342 g/mol. The van der Waals surface area contributed by atoms with Crippen molar-refractivity contribution in [3.8, 4) is 0 Å². The largest absolute Gasteiger partial charge is 0.356 e. The van der Waals surface area contributed by atoms with Crippen LogP contribution in [0.3, 0.4) is 0 Å². The molecule has 4 nitrogen and oxygen atoms in total. The van der Waals surface area contributed by atoms with E-state index in [4.69, 9.17) is 11.6 Å². The van der Waals surface area contributed by atoms with Crippen molar-refractivity contribution in [2.24, 2.45) is 0 Å². The summed E-state index contributed by atoms with van der Waals surface area (Å²) in [7, 11) is 0. The van der Waals surface area contributed by atoms with Gasteiger partial charge in [-0.3, -0.25) is 9.48 Å². The maximum Gasteiger partial charge on any atom is 0.221 e. The molecule has 0 aliphatic rings. The molecule has 3 aromatic rings. The second-order valence-electron chi connectivity index (χ2n) is 5.86. The van der Waals surface area contributed by atoms with Gasteiger partial charge in [-0.05, 0) is 36.6 Å². The van der Waals surface area contributed by atoms with E-state index in [2.05, 4.69) is 23.4 Å². The lowest BCUT2D eigenvalue weighted by atomic mass is 10.1. The van der Waals surface area contributed by atoms with E-state index in [0.717, 1.165) is 27.9 Å². The van der Waals surface area contributed by atoms with Crippen LogP contribution >= 0.6 is 11.6 Å². The first-order chi connectivity index (χ1) is 11.6. The lowest BCUT2D eigenvalue weighted by Crippen LogP contribution is -2.26. The summed E-state index contributed by atoms with van der Waals surface area (Å²) in [5.41, 5.74) is 3.44. The van der Waals surface area contributed by atoms with Crippen LogP contribution in [-0.4, -0.2) is 22.2 Å². The quantitative estimate of drug-likeness (QED) is 0.742. The molecule has 24 heavy (non-hydrogen) atoms. The molecule has 0 radical (unpaired) electrons. The van der Waals surface area contributed by atoms with Gasteiger partial charge in [0, 0.05) is 23.4 Å². The smallest absolute Gasteiger partial charge is 0.221 e. The number of halogens is 1. The number of carbonyl (C=O) groups excluding carboxylic acids is 1. The van der Waals surface area contributed by atoms with Gasteiger partial charge in [-0.1, -0.05) is 41.9 Å². The van der Waals surface area contributed by atoms with Crippen LogP contribution in [0, 0.1) is 6.92 Å². The molecule has 0 aliphatic carbocycles. The zero-order chi connectivity index (χ0) is 16.9. The van der Waals surface area contributed by atoms with E-state index in [-0.39, 0.29) is 5.91 Å². The Labute approximate surface area is 146 Å². The number of benzene rings is 2. The molecule has 3 rings (SSSR count). The third kappa shape index (κ3) is 3.95. The van der Waals surface area contributed by atoms with Crippen molar-refractivity contribution in [2.45, 2.75) is 26.3 Å². The van der Waals surface area contributed by atoms with Crippen molar-refractivity contribution in [3.63, 3.8) is 0 Å². The summed E-state index contributed by atoms with van der Waals surface area (Å²) in [6, 6.07) is 13.8. The van der Waals surface area contributed by atoms with Crippen LogP contribution in [0.1, 0.15) is 17.5 Å². The molecule has 0 fully saturated rings. The van der Waals surface area contributed by atoms with Crippen LogP contribution in [-0.2, 0) is 17.8 Å². The van der Waals surface area contributed by atoms with Crippen molar-refractivity contribution in [1.29, 1.82) is 0 Å². The van der Waals surface area contributed by atoms with E-state index in [1.807, 2.05) is 47.3 Å². The summed E-state index contributed by atoms with van der Waals surface area (Å²) in [6.45, 7) is 3.27. The summed E-state index contributed by atoms with van der Waals surface area (Å²) in [5.74, 6) is 0.0428. The summed E-state index contributed by atoms with van der Waals surface area (Å²) >= 11 is 5.86. The Balaban J connectivity index is 1.49. The summed E-state index contributed by atoms with van der Waals surface area (Å²) in [6.07, 6.45) is 3.07. The highest BCUT2D eigenvalue weighted by Crippen LogP contribution is 2.17. The molecular formula is C19H20ClN3O. The Morgan fingerprint density at radius 2 is 2.00 bits per heavy atom. The minimum absolute atomic E-state index is 0.0428. The maximum absolute atomic E-state index is 12.0. The molecular weight excluding hydrogens is 322 g/mol. The molecule has 1 aromatic heterocycles. The van der Waals surface area contributed by atoms with Crippen molar-refractivity contribution >= 4 is 28.4 Å². The molecule has 0 saturated heterocycles. The van der Waals surface area contributed by atoms with Crippen molar-refractivity contribution in [2.75, 3.05) is 6.54 Å². The number of hydrogen-bond acceptors (Lipinski definition) is 2. The highest BCUT2D eigenvalue weighted by molar-refractivity contribution is 6.30. The molecule has 0 atom stereocenters. The number of rotatable bonds is 6. The summed E-state index contributed by atoms with van der Waals surface area (Å²) in [4.78, 5) is 12.0. The van der Waals surface area contributed by atoms with Gasteiger partial charge in [-0.15, -0.1) is 0 Å². The van der Waals surface area contributed by atoms with E-state index in [0.29, 0.717) is 19.5 Å². The van der Waals surface area contributed by atoms with Gasteiger partial charge < -0.3 is 5.32 Å². The third-order valence-electron chi connectivity index (χ3n) is 4.06. The Morgan fingerprint density at radius 1 is 1.21 bits per heavy atom. The molecule has 0 saturated carbocycles. The minimum atomic E-state index is 0.0428. The van der Waals surface area contributed by atoms with E-state index >= 15 is 0 Å². The van der Waals surface area contributed by atoms with Gasteiger partial charge in [0.2, 0.25) is 5.91 Å². The number of carbonyl (C=O) groups is 1. The lowest BCUT2D eigenvalue weighted by molar-refractivity contribution is -0.121. The minimum Gasteiger partial charge on any atom is -0.356 e. The predicted octanol–water partition coefficient (Wildman–Crippen LogP) is 3.75. The van der Waals surface area contributed by atoms with Crippen LogP contribution in [0.4, 0.5) is 0 Å². The standard InChI is InChI=1S/C19H20ClN3O/c1-14-3-2-4-16-13-22-23(19(14)16)12-10-18(24)21-11-9-15-5-7-17(20)8-6-15/h2-8,13H,9-12H2,1H3,(H,21,24). The molecule has 2 aromatic carbocycles. The van der Waals surface area contributed by atoms with Crippen molar-refractivity contribution in [3.05, 3.63) is 64.8 Å². The number of nitrogens with one attached hydrogen (secondary N) is 1. The van der Waals surface area contributed by atoms with Gasteiger partial charge in [0.25, 0.3) is 0 Å². The van der Waals surface area contributed by atoms with Gasteiger partial charge in [0.05, 0.1) is 18.3 Å². The van der Waals surface area contributed by atoms with Gasteiger partial charge in [0.15, 0.2) is 0 Å². The van der Waals surface area contributed by atoms with E-state index < -0.39 is 0 Å². The highest BCUT2D eigenvalue weighted by atomic mass is 35.5. The number of nitrogens with zero attached hydrogens (tertiary/aromatic N) is 2. The molecule has 0 aliphatic heterocycles. The molecule has 1 N–H and O–H groups in total.